The SMILES string of the molecule is C[C@@]1(O)CCC[C@H]1n1c(=O)ccc2cnc(NC3CCN(S(=O)[O-])CC3)nc21. The Morgan fingerprint density at radius 2 is 2.07 bits per heavy atom. The molecule has 0 amide bonds. The van der Waals surface area contributed by atoms with Gasteiger partial charge in [0.2, 0.25) is 5.95 Å². The summed E-state index contributed by atoms with van der Waals surface area (Å²) in [6.45, 7) is 2.68. The fourth-order valence-electron chi connectivity index (χ4n) is 4.28. The van der Waals surface area contributed by atoms with Gasteiger partial charge >= 0.3 is 0 Å². The lowest BCUT2D eigenvalue weighted by Gasteiger charge is -2.33. The van der Waals surface area contributed by atoms with E-state index in [1.54, 1.807) is 23.8 Å². The van der Waals surface area contributed by atoms with Gasteiger partial charge in [-0.1, -0.05) is 0 Å². The number of aliphatic hydroxyl groups is 1. The average Bonchev–Trinajstić information content (AvgIpc) is 3.01. The van der Waals surface area contributed by atoms with Crippen LogP contribution >= 0.6 is 0 Å². The number of fused-ring (bicyclic) bond motifs is 1. The van der Waals surface area contributed by atoms with Gasteiger partial charge in [0.1, 0.15) is 5.65 Å². The minimum absolute atomic E-state index is 0.0655. The molecule has 2 aromatic heterocycles. The summed E-state index contributed by atoms with van der Waals surface area (Å²) in [4.78, 5) is 21.6. The van der Waals surface area contributed by atoms with Crippen LogP contribution in [0.1, 0.15) is 45.1 Å². The van der Waals surface area contributed by atoms with E-state index in [-0.39, 0.29) is 17.6 Å². The molecular weight excluding hydrogens is 382 g/mol. The van der Waals surface area contributed by atoms with E-state index in [9.17, 15) is 18.7 Å². The van der Waals surface area contributed by atoms with Crippen molar-refractivity contribution in [3.63, 3.8) is 0 Å². The number of anilines is 1. The van der Waals surface area contributed by atoms with Crippen LogP contribution in [-0.4, -0.2) is 57.4 Å². The summed E-state index contributed by atoms with van der Waals surface area (Å²) in [6, 6.07) is 2.94. The molecule has 2 aromatic rings. The van der Waals surface area contributed by atoms with Gasteiger partial charge in [0.25, 0.3) is 5.56 Å². The van der Waals surface area contributed by atoms with Crippen molar-refractivity contribution < 1.29 is 13.9 Å². The van der Waals surface area contributed by atoms with E-state index >= 15 is 0 Å². The first-order valence-electron chi connectivity index (χ1n) is 9.57. The Morgan fingerprint density at radius 1 is 1.32 bits per heavy atom. The zero-order valence-electron chi connectivity index (χ0n) is 15.7. The maximum absolute atomic E-state index is 12.6. The fourth-order valence-corrected chi connectivity index (χ4v) is 4.79. The van der Waals surface area contributed by atoms with Crippen molar-refractivity contribution in [3.05, 3.63) is 28.7 Å². The van der Waals surface area contributed by atoms with Gasteiger partial charge in [-0.2, -0.15) is 4.98 Å². The average molecular weight is 406 g/mol. The first kappa shape index (κ1) is 19.4. The fraction of sp³-hybridized carbons (Fsp3) is 0.611. The Hall–Kier alpha value is -1.88. The molecule has 1 unspecified atom stereocenters. The minimum atomic E-state index is -2.18. The quantitative estimate of drug-likeness (QED) is 0.724. The number of piperidine rings is 1. The highest BCUT2D eigenvalue weighted by Gasteiger charge is 2.39. The highest BCUT2D eigenvalue weighted by atomic mass is 32.2. The van der Waals surface area contributed by atoms with Crippen molar-refractivity contribution in [2.24, 2.45) is 0 Å². The Bertz CT molecular complexity index is 955. The number of nitrogens with zero attached hydrogens (tertiary/aromatic N) is 4. The molecule has 0 bridgehead atoms. The second kappa shape index (κ2) is 7.51. The number of hydrogen-bond acceptors (Lipinski definition) is 7. The van der Waals surface area contributed by atoms with Crippen molar-refractivity contribution in [3.8, 4) is 0 Å². The Labute approximate surface area is 165 Å². The van der Waals surface area contributed by atoms with Gasteiger partial charge in [-0.25, -0.2) is 9.29 Å². The lowest BCUT2D eigenvalue weighted by Crippen LogP contribution is -2.40. The van der Waals surface area contributed by atoms with E-state index in [1.165, 1.54) is 10.4 Å². The van der Waals surface area contributed by atoms with E-state index in [4.69, 9.17) is 0 Å². The van der Waals surface area contributed by atoms with Crippen LogP contribution in [0.15, 0.2) is 23.1 Å². The summed E-state index contributed by atoms with van der Waals surface area (Å²) in [5, 5.41) is 14.7. The summed E-state index contributed by atoms with van der Waals surface area (Å²) < 4.78 is 25.1. The van der Waals surface area contributed by atoms with Gasteiger partial charge in [-0.3, -0.25) is 13.6 Å². The van der Waals surface area contributed by atoms with Crippen LogP contribution in [0.2, 0.25) is 0 Å². The Kier molecular flexibility index (Phi) is 5.21. The molecule has 1 saturated heterocycles. The van der Waals surface area contributed by atoms with E-state index in [1.807, 2.05) is 0 Å². The van der Waals surface area contributed by atoms with Gasteiger partial charge in [-0.15, -0.1) is 0 Å². The van der Waals surface area contributed by atoms with Gasteiger partial charge in [0, 0.05) is 48.0 Å². The third-order valence-corrected chi connectivity index (χ3v) is 6.64. The second-order valence-corrected chi connectivity index (χ2v) is 8.79. The molecular formula is C18H24N5O4S-. The predicted molar refractivity (Wildman–Crippen MR) is 104 cm³/mol. The molecule has 2 aliphatic rings. The number of aromatic nitrogens is 3. The number of nitrogens with one attached hydrogen (secondary N) is 1. The number of pyridine rings is 1. The Balaban J connectivity index is 1.63. The first-order valence-corrected chi connectivity index (χ1v) is 10.6. The van der Waals surface area contributed by atoms with Gasteiger partial charge in [0.15, 0.2) is 0 Å². The van der Waals surface area contributed by atoms with Crippen LogP contribution in [0.3, 0.4) is 0 Å². The van der Waals surface area contributed by atoms with Crippen LogP contribution < -0.4 is 10.9 Å². The monoisotopic (exact) mass is 406 g/mol. The molecule has 0 spiro atoms. The molecule has 0 aromatic carbocycles. The summed E-state index contributed by atoms with van der Waals surface area (Å²) in [7, 11) is 0. The molecule has 1 aliphatic carbocycles. The standard InChI is InChI=1S/C18H25N5O4S/c1-18(25)8-2-3-14(18)23-15(24)5-4-12-11-19-17(21-16(12)23)20-13-6-9-22(10-7-13)28(26)27/h4-5,11,13-14,25H,2-3,6-10H2,1H3,(H,26,27)(H,19,20,21)/p-1/t14-,18-/m1/s1. The van der Waals surface area contributed by atoms with Gasteiger partial charge in [-0.05, 0) is 45.1 Å². The largest absolute Gasteiger partial charge is 0.760 e. The number of hydrogen-bond donors (Lipinski definition) is 2. The lowest BCUT2D eigenvalue weighted by atomic mass is 10.00. The van der Waals surface area contributed by atoms with E-state index in [2.05, 4.69) is 15.3 Å². The van der Waals surface area contributed by atoms with Gasteiger partial charge < -0.3 is 15.0 Å². The molecule has 28 heavy (non-hydrogen) atoms. The first-order chi connectivity index (χ1) is 13.3. The second-order valence-electron chi connectivity index (χ2n) is 7.84. The number of rotatable bonds is 4. The maximum Gasteiger partial charge on any atom is 0.252 e. The summed E-state index contributed by atoms with van der Waals surface area (Å²) in [5.74, 6) is 0.409. The summed E-state index contributed by atoms with van der Waals surface area (Å²) in [6.07, 6.45) is 5.23. The highest BCUT2D eigenvalue weighted by molar-refractivity contribution is 7.76. The molecule has 1 aliphatic heterocycles. The molecule has 1 saturated carbocycles. The molecule has 10 heteroatoms. The molecule has 9 nitrogen and oxygen atoms in total. The maximum atomic E-state index is 12.6. The van der Waals surface area contributed by atoms with Crippen molar-refractivity contribution in [2.75, 3.05) is 18.4 Å². The lowest BCUT2D eigenvalue weighted by molar-refractivity contribution is 0.0267. The van der Waals surface area contributed by atoms with Crippen LogP contribution in [0.5, 0.6) is 0 Å². The zero-order chi connectivity index (χ0) is 19.9. The van der Waals surface area contributed by atoms with Crippen LogP contribution in [0, 0.1) is 0 Å². The van der Waals surface area contributed by atoms with Crippen molar-refractivity contribution in [1.82, 2.24) is 18.8 Å². The molecule has 2 fully saturated rings. The predicted octanol–water partition coefficient (Wildman–Crippen LogP) is 0.938. The van der Waals surface area contributed by atoms with Crippen LogP contribution in [0.4, 0.5) is 5.95 Å². The van der Waals surface area contributed by atoms with Crippen molar-refractivity contribution in [1.29, 1.82) is 0 Å². The molecule has 4 rings (SSSR count). The third-order valence-electron chi connectivity index (χ3n) is 5.85. The Morgan fingerprint density at radius 3 is 2.71 bits per heavy atom. The molecule has 152 valence electrons. The van der Waals surface area contributed by atoms with Gasteiger partial charge in [0.05, 0.1) is 11.6 Å². The highest BCUT2D eigenvalue weighted by Crippen LogP contribution is 2.39. The molecule has 3 heterocycles. The smallest absolute Gasteiger partial charge is 0.252 e. The molecule has 0 radical (unpaired) electrons. The summed E-state index contributed by atoms with van der Waals surface area (Å²) >= 11 is -2.18. The molecule has 2 N–H and O–H groups in total. The summed E-state index contributed by atoms with van der Waals surface area (Å²) in [5.41, 5.74) is -0.622. The minimum Gasteiger partial charge on any atom is -0.760 e. The van der Waals surface area contributed by atoms with Crippen molar-refractivity contribution >= 4 is 28.2 Å². The molecule has 3 atom stereocenters. The van der Waals surface area contributed by atoms with E-state index < -0.39 is 16.9 Å². The van der Waals surface area contributed by atoms with E-state index in [0.29, 0.717) is 43.9 Å². The van der Waals surface area contributed by atoms with Crippen molar-refractivity contribution in [2.45, 2.75) is 56.7 Å². The van der Waals surface area contributed by atoms with E-state index in [0.717, 1.165) is 18.2 Å². The third kappa shape index (κ3) is 3.69. The normalized spacial score (nSPS) is 27.9. The zero-order valence-corrected chi connectivity index (χ0v) is 16.5. The van der Waals surface area contributed by atoms with Crippen LogP contribution in [0.25, 0.3) is 11.0 Å². The van der Waals surface area contributed by atoms with Crippen LogP contribution in [-0.2, 0) is 11.3 Å². The topological polar surface area (TPSA) is 123 Å².